The summed E-state index contributed by atoms with van der Waals surface area (Å²) in [7, 11) is 1.65. The highest BCUT2D eigenvalue weighted by Crippen LogP contribution is 2.35. The van der Waals surface area contributed by atoms with Gasteiger partial charge in [-0.2, -0.15) is 0 Å². The maximum absolute atomic E-state index is 13.6. The predicted molar refractivity (Wildman–Crippen MR) is 165 cm³/mol. The van der Waals surface area contributed by atoms with Crippen molar-refractivity contribution in [3.8, 4) is 5.75 Å². The van der Waals surface area contributed by atoms with Crippen LogP contribution in [0.25, 0.3) is 0 Å². The summed E-state index contributed by atoms with van der Waals surface area (Å²) in [5, 5.41) is 5.73. The van der Waals surface area contributed by atoms with E-state index in [1.807, 2.05) is 103 Å². The highest BCUT2D eigenvalue weighted by molar-refractivity contribution is 6.21. The molecule has 0 saturated carbocycles. The molecular weight excluding hydrogens is 528 g/mol. The van der Waals surface area contributed by atoms with Gasteiger partial charge in [-0.3, -0.25) is 10.1 Å². The van der Waals surface area contributed by atoms with E-state index in [1.54, 1.807) is 7.11 Å². The van der Waals surface area contributed by atoms with Crippen LogP contribution in [0.15, 0.2) is 108 Å². The van der Waals surface area contributed by atoms with E-state index in [4.69, 9.17) is 14.5 Å². The first kappa shape index (κ1) is 28.4. The Bertz CT molecular complexity index is 1540. The number of hydrogen-bond donors (Lipinski definition) is 2. The number of nitrogens with zero attached hydrogens (tertiary/aromatic N) is 2. The van der Waals surface area contributed by atoms with E-state index in [1.165, 1.54) is 0 Å². The third kappa shape index (κ3) is 6.78. The summed E-state index contributed by atoms with van der Waals surface area (Å²) in [6, 6.07) is 32.9. The van der Waals surface area contributed by atoms with Crippen LogP contribution in [-0.2, 0) is 22.7 Å². The van der Waals surface area contributed by atoms with Gasteiger partial charge in [-0.15, -0.1) is 0 Å². The van der Waals surface area contributed by atoms with Gasteiger partial charge < -0.3 is 19.7 Å². The number of para-hydroxylation sites is 1. The normalized spacial score (nSPS) is 14.1. The van der Waals surface area contributed by atoms with Crippen LogP contribution in [0, 0.1) is 0 Å². The Hall–Kier alpha value is -5.11. The number of fused-ring (bicyclic) bond motifs is 1. The third-order valence-corrected chi connectivity index (χ3v) is 6.93. The number of anilines is 2. The number of carbonyl (C=O) groups excluding carboxylic acids is 2. The fourth-order valence-electron chi connectivity index (χ4n) is 4.89. The summed E-state index contributed by atoms with van der Waals surface area (Å²) >= 11 is 0. The minimum absolute atomic E-state index is 0.0813. The average molecular weight is 563 g/mol. The summed E-state index contributed by atoms with van der Waals surface area (Å²) in [6.07, 6.45) is -1.01. The number of methoxy groups -OCH3 is 1. The Morgan fingerprint density at radius 3 is 2.31 bits per heavy atom. The molecule has 214 valence electrons. The summed E-state index contributed by atoms with van der Waals surface area (Å²) in [4.78, 5) is 33.4. The first-order chi connectivity index (χ1) is 20.6. The molecule has 1 unspecified atom stereocenters. The number of hydrogen-bond acceptors (Lipinski definition) is 6. The maximum Gasteiger partial charge on any atom is 0.409 e. The minimum atomic E-state index is -1.19. The van der Waals surface area contributed by atoms with Crippen molar-refractivity contribution in [1.29, 1.82) is 0 Å². The maximum atomic E-state index is 13.6. The summed E-state index contributed by atoms with van der Waals surface area (Å²) < 4.78 is 10.7. The second kappa shape index (κ2) is 13.5. The standard InChI is InChI=1S/C34H34N4O4/c1-3-21-38(22-24-17-19-27(41-2)20-18-24)29-16-10-15-28-30(26-13-8-5-9-14-26)35-32(33(39)36-31(28)29)37-34(40)42-23-25-11-6-4-7-12-25/h4-20,32H,3,21-23H2,1-2H3,(H,36,39)(H,37,40). The van der Waals surface area contributed by atoms with Crippen LogP contribution in [-0.4, -0.2) is 37.5 Å². The van der Waals surface area contributed by atoms with Crippen molar-refractivity contribution in [3.05, 3.63) is 125 Å². The smallest absolute Gasteiger partial charge is 0.409 e. The Morgan fingerprint density at radius 2 is 1.62 bits per heavy atom. The SMILES string of the molecule is CCCN(Cc1ccc(OC)cc1)c1cccc2c1NC(=O)C(NC(=O)OCc1ccccc1)N=C2c1ccccc1. The van der Waals surface area contributed by atoms with E-state index in [9.17, 15) is 9.59 Å². The van der Waals surface area contributed by atoms with Gasteiger partial charge >= 0.3 is 6.09 Å². The molecule has 1 aliphatic heterocycles. The van der Waals surface area contributed by atoms with Crippen LogP contribution < -0.4 is 20.3 Å². The highest BCUT2D eigenvalue weighted by Gasteiger charge is 2.30. The lowest BCUT2D eigenvalue weighted by molar-refractivity contribution is -0.117. The number of ether oxygens (including phenoxy) is 2. The minimum Gasteiger partial charge on any atom is -0.497 e. The van der Waals surface area contributed by atoms with Crippen molar-refractivity contribution in [2.75, 3.05) is 23.9 Å². The van der Waals surface area contributed by atoms with E-state index in [2.05, 4.69) is 22.5 Å². The van der Waals surface area contributed by atoms with Gasteiger partial charge in [0, 0.05) is 24.2 Å². The van der Waals surface area contributed by atoms with Crippen LogP contribution >= 0.6 is 0 Å². The van der Waals surface area contributed by atoms with Gasteiger partial charge in [0.15, 0.2) is 0 Å². The van der Waals surface area contributed by atoms with Crippen molar-refractivity contribution in [2.45, 2.75) is 32.7 Å². The fraction of sp³-hybridized carbons (Fsp3) is 0.206. The molecule has 2 N–H and O–H groups in total. The molecule has 0 spiro atoms. The molecule has 4 aromatic rings. The zero-order valence-electron chi connectivity index (χ0n) is 23.7. The largest absolute Gasteiger partial charge is 0.497 e. The Labute approximate surface area is 246 Å². The molecule has 8 heteroatoms. The number of nitrogens with one attached hydrogen (secondary N) is 2. The molecule has 42 heavy (non-hydrogen) atoms. The van der Waals surface area contributed by atoms with Gasteiger partial charge in [0.05, 0.1) is 24.2 Å². The van der Waals surface area contributed by atoms with Crippen LogP contribution in [0.5, 0.6) is 5.75 Å². The first-order valence-corrected chi connectivity index (χ1v) is 14.0. The fourth-order valence-corrected chi connectivity index (χ4v) is 4.89. The molecule has 0 aliphatic carbocycles. The Morgan fingerprint density at radius 1 is 0.905 bits per heavy atom. The van der Waals surface area contributed by atoms with Crippen molar-refractivity contribution in [2.24, 2.45) is 4.99 Å². The number of amides is 2. The zero-order valence-corrected chi connectivity index (χ0v) is 23.7. The molecule has 4 aromatic carbocycles. The van der Waals surface area contributed by atoms with Gasteiger partial charge in [-0.25, -0.2) is 9.79 Å². The van der Waals surface area contributed by atoms with E-state index in [0.717, 1.165) is 46.7 Å². The second-order valence-corrected chi connectivity index (χ2v) is 9.91. The van der Waals surface area contributed by atoms with Crippen LogP contribution in [0.4, 0.5) is 16.2 Å². The van der Waals surface area contributed by atoms with Gasteiger partial charge in [0.25, 0.3) is 5.91 Å². The molecule has 1 heterocycles. The molecule has 0 radical (unpaired) electrons. The first-order valence-electron chi connectivity index (χ1n) is 14.0. The van der Waals surface area contributed by atoms with Gasteiger partial charge in [-0.1, -0.05) is 91.9 Å². The molecule has 1 atom stereocenters. The topological polar surface area (TPSA) is 92.3 Å². The van der Waals surface area contributed by atoms with E-state index < -0.39 is 18.2 Å². The number of rotatable bonds is 10. The van der Waals surface area contributed by atoms with Crippen molar-refractivity contribution >= 4 is 29.1 Å². The van der Waals surface area contributed by atoms with Crippen LogP contribution in [0.3, 0.4) is 0 Å². The van der Waals surface area contributed by atoms with E-state index >= 15 is 0 Å². The molecule has 0 aromatic heterocycles. The molecule has 0 bridgehead atoms. The molecular formula is C34H34N4O4. The Balaban J connectivity index is 1.47. The van der Waals surface area contributed by atoms with E-state index in [-0.39, 0.29) is 6.61 Å². The molecule has 2 amide bonds. The number of aliphatic imine (C=N–C) groups is 1. The van der Waals surface area contributed by atoms with Gasteiger partial charge in [0.2, 0.25) is 6.17 Å². The summed E-state index contributed by atoms with van der Waals surface area (Å²) in [5.74, 6) is 0.346. The van der Waals surface area contributed by atoms with Crippen LogP contribution in [0.1, 0.15) is 35.6 Å². The quantitative estimate of drug-likeness (QED) is 0.242. The lowest BCUT2D eigenvalue weighted by Gasteiger charge is -2.28. The molecule has 1 aliphatic rings. The molecule has 0 fully saturated rings. The second-order valence-electron chi connectivity index (χ2n) is 9.91. The van der Waals surface area contributed by atoms with Crippen molar-refractivity contribution in [3.63, 3.8) is 0 Å². The zero-order chi connectivity index (χ0) is 29.3. The summed E-state index contributed by atoms with van der Waals surface area (Å²) in [5.41, 5.74) is 5.67. The number of benzene rings is 4. The number of alkyl carbamates (subject to hydrolysis) is 1. The lowest BCUT2D eigenvalue weighted by atomic mass is 9.99. The average Bonchev–Trinajstić information content (AvgIpc) is 3.17. The molecule has 0 saturated heterocycles. The lowest BCUT2D eigenvalue weighted by Crippen LogP contribution is -2.42. The monoisotopic (exact) mass is 562 g/mol. The third-order valence-electron chi connectivity index (χ3n) is 6.93. The van der Waals surface area contributed by atoms with Gasteiger partial charge in [-0.05, 0) is 35.7 Å². The highest BCUT2D eigenvalue weighted by atomic mass is 16.5. The molecule has 8 nitrogen and oxygen atoms in total. The van der Waals surface area contributed by atoms with Gasteiger partial charge in [0.1, 0.15) is 12.4 Å². The summed E-state index contributed by atoms with van der Waals surface area (Å²) in [6.45, 7) is 3.61. The predicted octanol–water partition coefficient (Wildman–Crippen LogP) is 6.15. The van der Waals surface area contributed by atoms with Crippen molar-refractivity contribution < 1.29 is 19.1 Å². The molecule has 5 rings (SSSR count). The van der Waals surface area contributed by atoms with Crippen molar-refractivity contribution in [1.82, 2.24) is 5.32 Å². The van der Waals surface area contributed by atoms with E-state index in [0.29, 0.717) is 17.9 Å². The Kier molecular flexibility index (Phi) is 9.13. The number of benzodiazepines with no additional fused rings is 1. The number of carbonyl (C=O) groups is 2. The van der Waals surface area contributed by atoms with Crippen LogP contribution in [0.2, 0.25) is 0 Å².